The van der Waals surface area contributed by atoms with Crippen molar-refractivity contribution in [1.82, 2.24) is 21.3 Å². The molecule has 0 bridgehead atoms. The summed E-state index contributed by atoms with van der Waals surface area (Å²) in [6, 6.07) is -6.76. The van der Waals surface area contributed by atoms with Crippen LogP contribution in [0, 0.1) is 0 Å². The van der Waals surface area contributed by atoms with Crippen LogP contribution in [0.4, 0.5) is 0 Å². The number of rotatable bonds is 20. The molecule has 0 aromatic carbocycles. The van der Waals surface area contributed by atoms with E-state index in [0.717, 1.165) is 27.7 Å². The smallest absolute Gasteiger partial charge is 0.217 e. The standard InChI is InChI=1S/C44H74N4O31/c1-11(55)45-21-30(64)34(18(8-52)69-39(21)68)75-42-24(48-14(4)58)31(65)35(19(9-53)73-42)76-43-33(67)37(36(20(10-54)74-43)77-40-22(46-12(2)56)28(62)25(59)15(5-49)70-40)78-44-38(32(66)27(61)17(7-51)72-44)79-41-23(47-13(3)57)29(63)26(60)16(6-50)71-41/h15-44,49-54,59-68H,5-10H2,1-4H3,(H,45,55)(H,46,56)(H,47,57)(H,48,58)/t15-,16-,17-,18-,19-,20-,21-,22-,23-,24-,25-,26-,27-,28-,29-,30-,31-,32+,33+,34-,35-,36-,37-,38+,39?,40+,41+,42+,43+,44-/m1/s1. The lowest BCUT2D eigenvalue weighted by atomic mass is 9.93. The molecule has 456 valence electrons. The number of amides is 4. The SMILES string of the molecule is CC(=O)N[C@H]1[C@H](O[C@H]2[C@H](O)[C@@H](NC(C)=O)C(O)O[C@@H]2CO)O[C@H](CO)[C@@H](O[C@@H]2O[C@H](CO)[C@@H](O[C@@H]3O[C@H](CO)[C@@H](O)[C@H](O)[C@H]3NC(C)=O)[C@H](O[C@H]3O[C@H](CO)[C@@H](O)[C@H](O)[C@@H]3O[C@@H]3O[C@H](CO)[C@@H](O)[C@H](O)[C@H]3NC(C)=O)[C@@H]2O)[C@@H]1O. The fraction of sp³-hybridized carbons (Fsp3) is 0.909. The highest BCUT2D eigenvalue weighted by atomic mass is 16.8. The van der Waals surface area contributed by atoms with Gasteiger partial charge in [0, 0.05) is 27.7 Å². The Balaban J connectivity index is 1.39. The fourth-order valence-corrected chi connectivity index (χ4v) is 10.1. The van der Waals surface area contributed by atoms with Crippen molar-refractivity contribution in [3.8, 4) is 0 Å². The molecule has 0 spiro atoms. The highest BCUT2D eigenvalue weighted by Crippen LogP contribution is 2.38. The van der Waals surface area contributed by atoms with Gasteiger partial charge < -0.3 is 155 Å². The lowest BCUT2D eigenvalue weighted by molar-refractivity contribution is -0.403. The van der Waals surface area contributed by atoms with Gasteiger partial charge in [-0.3, -0.25) is 19.2 Å². The van der Waals surface area contributed by atoms with E-state index < -0.39 is 247 Å². The summed E-state index contributed by atoms with van der Waals surface area (Å²) in [7, 11) is 0. The molecule has 30 atom stereocenters. The Bertz CT molecular complexity index is 1990. The summed E-state index contributed by atoms with van der Waals surface area (Å²) in [6.07, 6.45) is -50.6. The number of aliphatic hydroxyl groups is 16. The second-order valence-corrected chi connectivity index (χ2v) is 19.7. The average Bonchev–Trinajstić information content (AvgIpc) is 3.46. The van der Waals surface area contributed by atoms with Crippen LogP contribution in [0.25, 0.3) is 0 Å². The van der Waals surface area contributed by atoms with E-state index in [1.165, 1.54) is 0 Å². The molecule has 35 nitrogen and oxygen atoms in total. The zero-order chi connectivity index (χ0) is 58.5. The molecule has 35 heteroatoms. The fourth-order valence-electron chi connectivity index (χ4n) is 10.1. The zero-order valence-electron chi connectivity index (χ0n) is 42.8. The first kappa shape index (κ1) is 65.0. The average molecular weight is 1160 g/mol. The van der Waals surface area contributed by atoms with E-state index in [-0.39, 0.29) is 0 Å². The predicted octanol–water partition coefficient (Wildman–Crippen LogP) is -13.5. The molecule has 6 saturated heterocycles. The van der Waals surface area contributed by atoms with Gasteiger partial charge in [0.1, 0.15) is 146 Å². The van der Waals surface area contributed by atoms with Gasteiger partial charge in [0.15, 0.2) is 37.7 Å². The molecule has 0 aromatic rings. The van der Waals surface area contributed by atoms with Crippen LogP contribution in [0.3, 0.4) is 0 Å². The summed E-state index contributed by atoms with van der Waals surface area (Å²) >= 11 is 0. The van der Waals surface area contributed by atoms with Crippen molar-refractivity contribution in [2.45, 2.75) is 212 Å². The zero-order valence-corrected chi connectivity index (χ0v) is 42.8. The van der Waals surface area contributed by atoms with Crippen molar-refractivity contribution in [3.05, 3.63) is 0 Å². The quantitative estimate of drug-likeness (QED) is 0.0538. The second-order valence-electron chi connectivity index (χ2n) is 19.7. The Morgan fingerprint density at radius 2 is 0.595 bits per heavy atom. The monoisotopic (exact) mass is 1150 g/mol. The maximum absolute atomic E-state index is 12.7. The van der Waals surface area contributed by atoms with Crippen LogP contribution in [0.2, 0.25) is 0 Å². The number of hydrogen-bond donors (Lipinski definition) is 20. The Labute approximate surface area is 448 Å². The van der Waals surface area contributed by atoms with Crippen LogP contribution < -0.4 is 21.3 Å². The van der Waals surface area contributed by atoms with Crippen LogP contribution in [0.1, 0.15) is 27.7 Å². The number of carbonyl (C=O) groups excluding carboxylic acids is 4. The van der Waals surface area contributed by atoms with Crippen molar-refractivity contribution in [2.24, 2.45) is 0 Å². The molecule has 6 aliphatic heterocycles. The van der Waals surface area contributed by atoms with E-state index in [1.54, 1.807) is 0 Å². The molecular weight excluding hydrogens is 1080 g/mol. The van der Waals surface area contributed by atoms with Gasteiger partial charge in [-0.1, -0.05) is 0 Å². The maximum atomic E-state index is 12.7. The number of nitrogens with one attached hydrogen (secondary N) is 4. The maximum Gasteiger partial charge on any atom is 0.217 e. The molecule has 6 fully saturated rings. The third-order valence-corrected chi connectivity index (χ3v) is 14.0. The lowest BCUT2D eigenvalue weighted by Crippen LogP contribution is -2.71. The first-order valence-corrected chi connectivity index (χ1v) is 25.1. The van der Waals surface area contributed by atoms with E-state index in [0.29, 0.717) is 0 Å². The van der Waals surface area contributed by atoms with E-state index >= 15 is 0 Å². The Morgan fingerprint density at radius 1 is 0.304 bits per heavy atom. The topological polar surface area (TPSA) is 542 Å². The van der Waals surface area contributed by atoms with Gasteiger partial charge >= 0.3 is 0 Å². The number of aliphatic hydroxyl groups excluding tert-OH is 16. The Hall–Kier alpha value is -3.20. The van der Waals surface area contributed by atoms with Crippen LogP contribution >= 0.6 is 0 Å². The van der Waals surface area contributed by atoms with Crippen molar-refractivity contribution < 1.29 is 153 Å². The van der Waals surface area contributed by atoms with Crippen molar-refractivity contribution in [2.75, 3.05) is 39.6 Å². The highest BCUT2D eigenvalue weighted by Gasteiger charge is 2.59. The van der Waals surface area contributed by atoms with Gasteiger partial charge in [0.25, 0.3) is 0 Å². The molecule has 1 unspecified atom stereocenters. The van der Waals surface area contributed by atoms with Crippen LogP contribution in [-0.2, 0) is 71.3 Å². The summed E-state index contributed by atoms with van der Waals surface area (Å²) in [6.45, 7) is -2.01. The normalized spacial score (nSPS) is 46.7. The minimum Gasteiger partial charge on any atom is -0.394 e. The summed E-state index contributed by atoms with van der Waals surface area (Å²) in [4.78, 5) is 49.4. The van der Waals surface area contributed by atoms with Gasteiger partial charge in [0.2, 0.25) is 23.6 Å². The van der Waals surface area contributed by atoms with Gasteiger partial charge in [-0.15, -0.1) is 0 Å². The second kappa shape index (κ2) is 28.4. The van der Waals surface area contributed by atoms with Gasteiger partial charge in [-0.05, 0) is 0 Å². The number of carbonyl (C=O) groups is 4. The van der Waals surface area contributed by atoms with E-state index in [1.807, 2.05) is 0 Å². The first-order chi connectivity index (χ1) is 37.3. The highest BCUT2D eigenvalue weighted by molar-refractivity contribution is 5.74. The van der Waals surface area contributed by atoms with E-state index in [2.05, 4.69) is 21.3 Å². The number of ether oxygens (including phenoxy) is 11. The van der Waals surface area contributed by atoms with E-state index in [9.17, 15) is 101 Å². The third kappa shape index (κ3) is 14.6. The summed E-state index contributed by atoms with van der Waals surface area (Å²) in [5.41, 5.74) is 0. The Kier molecular flexibility index (Phi) is 23.3. The van der Waals surface area contributed by atoms with Crippen molar-refractivity contribution in [3.63, 3.8) is 0 Å². The summed E-state index contributed by atoms with van der Waals surface area (Å²) in [5.74, 6) is -3.21. The minimum atomic E-state index is -2.40. The molecule has 0 aromatic heterocycles. The molecule has 79 heavy (non-hydrogen) atoms. The molecule has 6 rings (SSSR count). The molecule has 20 N–H and O–H groups in total. The van der Waals surface area contributed by atoms with Crippen molar-refractivity contribution >= 4 is 23.6 Å². The van der Waals surface area contributed by atoms with Gasteiger partial charge in [0.05, 0.1) is 39.6 Å². The molecule has 4 amide bonds. The Morgan fingerprint density at radius 3 is 1.03 bits per heavy atom. The summed E-state index contributed by atoms with van der Waals surface area (Å²) < 4.78 is 65.2. The van der Waals surface area contributed by atoms with E-state index in [4.69, 9.17) is 52.1 Å². The molecular formula is C44H74N4O31. The van der Waals surface area contributed by atoms with Gasteiger partial charge in [-0.25, -0.2) is 0 Å². The summed E-state index contributed by atoms with van der Waals surface area (Å²) in [5, 5.41) is 184. The molecule has 0 aliphatic carbocycles. The lowest BCUT2D eigenvalue weighted by Gasteiger charge is -2.52. The third-order valence-electron chi connectivity index (χ3n) is 14.0. The first-order valence-electron chi connectivity index (χ1n) is 25.1. The van der Waals surface area contributed by atoms with Crippen LogP contribution in [0.5, 0.6) is 0 Å². The van der Waals surface area contributed by atoms with Crippen LogP contribution in [-0.4, -0.2) is 329 Å². The largest absolute Gasteiger partial charge is 0.394 e. The van der Waals surface area contributed by atoms with Gasteiger partial charge in [-0.2, -0.15) is 0 Å². The van der Waals surface area contributed by atoms with Crippen LogP contribution in [0.15, 0.2) is 0 Å². The molecule has 0 saturated carbocycles. The number of hydrogen-bond acceptors (Lipinski definition) is 31. The van der Waals surface area contributed by atoms with Crippen molar-refractivity contribution in [1.29, 1.82) is 0 Å². The minimum absolute atomic E-state index is 0.726. The molecule has 0 radical (unpaired) electrons. The predicted molar refractivity (Wildman–Crippen MR) is 246 cm³/mol. The molecule has 6 aliphatic rings. The molecule has 6 heterocycles.